The van der Waals surface area contributed by atoms with E-state index in [1.54, 1.807) is 6.07 Å². The molecular weight excluding hydrogens is 561 g/mol. The van der Waals surface area contributed by atoms with Crippen molar-refractivity contribution >= 4 is 34.4 Å². The molecule has 1 atom stereocenters. The van der Waals surface area contributed by atoms with Crippen molar-refractivity contribution in [3.63, 3.8) is 0 Å². The lowest BCUT2D eigenvalue weighted by Crippen LogP contribution is -2.36. The molecule has 6 heteroatoms. The second-order valence-corrected chi connectivity index (χ2v) is 11.0. The number of amides is 2. The minimum atomic E-state index is -0.111. The van der Waals surface area contributed by atoms with Crippen LogP contribution in [0.15, 0.2) is 72.8 Å². The van der Waals surface area contributed by atoms with Crippen molar-refractivity contribution in [3.8, 4) is 0 Å². The van der Waals surface area contributed by atoms with Gasteiger partial charge in [-0.3, -0.25) is 14.5 Å². The number of hydrogen-bond donors (Lipinski definition) is 1. The van der Waals surface area contributed by atoms with Crippen molar-refractivity contribution in [2.75, 3.05) is 19.6 Å². The molecule has 2 aliphatic rings. The number of nitrogens with one attached hydrogen (secondary N) is 1. The van der Waals surface area contributed by atoms with Gasteiger partial charge in [-0.15, -0.1) is 0 Å². The Labute approximate surface area is 227 Å². The lowest BCUT2D eigenvalue weighted by molar-refractivity contribution is 0.0766. The predicted octanol–water partition coefficient (Wildman–Crippen LogP) is 5.79. The molecule has 0 aromatic heterocycles. The Morgan fingerprint density at radius 2 is 1.86 bits per heavy atom. The lowest BCUT2D eigenvalue weighted by Gasteiger charge is -2.36. The zero-order valence-electron chi connectivity index (χ0n) is 20.5. The maximum atomic E-state index is 13.0. The molecular formula is C30H32IN3O2. The summed E-state index contributed by atoms with van der Waals surface area (Å²) < 4.78 is 1.16. The van der Waals surface area contributed by atoms with Gasteiger partial charge < -0.3 is 10.2 Å². The Kier molecular flexibility index (Phi) is 8.02. The topological polar surface area (TPSA) is 52.7 Å². The summed E-state index contributed by atoms with van der Waals surface area (Å²) in [4.78, 5) is 30.3. The third-order valence-electron chi connectivity index (χ3n) is 7.22. The van der Waals surface area contributed by atoms with E-state index >= 15 is 0 Å². The number of rotatable bonds is 8. The summed E-state index contributed by atoms with van der Waals surface area (Å²) in [5, 5.41) is 3.07. The highest BCUT2D eigenvalue weighted by molar-refractivity contribution is 14.1. The fraction of sp³-hybridized carbons (Fsp3) is 0.333. The van der Waals surface area contributed by atoms with E-state index in [2.05, 4.69) is 69.2 Å². The summed E-state index contributed by atoms with van der Waals surface area (Å²) in [5.41, 5.74) is 4.69. The molecule has 1 N–H and O–H groups in total. The number of carbonyl (C=O) groups excluding carboxylic acids is 2. The fourth-order valence-corrected chi connectivity index (χ4v) is 5.99. The van der Waals surface area contributed by atoms with Crippen LogP contribution in [0.3, 0.4) is 0 Å². The Morgan fingerprint density at radius 1 is 1.00 bits per heavy atom. The average Bonchev–Trinajstić information content (AvgIpc) is 3.21. The monoisotopic (exact) mass is 593 g/mol. The second-order valence-electron chi connectivity index (χ2n) is 9.73. The first-order valence-electron chi connectivity index (χ1n) is 12.8. The van der Waals surface area contributed by atoms with E-state index in [9.17, 15) is 9.59 Å². The molecule has 36 heavy (non-hydrogen) atoms. The van der Waals surface area contributed by atoms with Crippen molar-refractivity contribution in [3.05, 3.63) is 104 Å². The lowest BCUT2D eigenvalue weighted by atomic mass is 9.95. The molecule has 0 bridgehead atoms. The summed E-state index contributed by atoms with van der Waals surface area (Å²) in [5.74, 6) is -0.115. The Balaban J connectivity index is 1.14. The van der Waals surface area contributed by atoms with E-state index in [1.165, 1.54) is 24.8 Å². The van der Waals surface area contributed by atoms with Crippen LogP contribution in [0.5, 0.6) is 0 Å². The van der Waals surface area contributed by atoms with E-state index in [0.717, 1.165) is 34.2 Å². The normalized spacial score (nSPS) is 17.8. The molecule has 0 aliphatic carbocycles. The Morgan fingerprint density at radius 3 is 2.69 bits per heavy atom. The second kappa shape index (κ2) is 11.6. The van der Waals surface area contributed by atoms with Crippen LogP contribution in [0.4, 0.5) is 0 Å². The van der Waals surface area contributed by atoms with E-state index < -0.39 is 0 Å². The van der Waals surface area contributed by atoms with E-state index in [-0.39, 0.29) is 11.8 Å². The van der Waals surface area contributed by atoms with Gasteiger partial charge in [-0.25, -0.2) is 0 Å². The van der Waals surface area contributed by atoms with Gasteiger partial charge in [0.15, 0.2) is 0 Å². The van der Waals surface area contributed by atoms with Crippen LogP contribution in [0.2, 0.25) is 0 Å². The summed E-state index contributed by atoms with van der Waals surface area (Å²) in [6.07, 6.45) is 4.61. The van der Waals surface area contributed by atoms with Gasteiger partial charge in [-0.1, -0.05) is 55.0 Å². The zero-order chi connectivity index (χ0) is 24.9. The van der Waals surface area contributed by atoms with Gasteiger partial charge in [0.2, 0.25) is 0 Å². The van der Waals surface area contributed by atoms with Crippen molar-refractivity contribution in [2.24, 2.45) is 0 Å². The van der Waals surface area contributed by atoms with Gasteiger partial charge in [0.25, 0.3) is 11.8 Å². The zero-order valence-corrected chi connectivity index (χ0v) is 22.6. The van der Waals surface area contributed by atoms with Gasteiger partial charge >= 0.3 is 0 Å². The molecule has 2 amide bonds. The minimum Gasteiger partial charge on any atom is -0.352 e. The minimum absolute atomic E-state index is 0.00411. The molecule has 0 saturated carbocycles. The number of carbonyl (C=O) groups is 2. The third-order valence-corrected chi connectivity index (χ3v) is 7.89. The highest BCUT2D eigenvalue weighted by atomic mass is 127. The number of hydrogen-bond acceptors (Lipinski definition) is 3. The largest absolute Gasteiger partial charge is 0.352 e. The van der Waals surface area contributed by atoms with E-state index in [4.69, 9.17) is 0 Å². The fourth-order valence-electron chi connectivity index (χ4n) is 5.38. The summed E-state index contributed by atoms with van der Waals surface area (Å²) in [7, 11) is 0. The highest BCUT2D eigenvalue weighted by Gasteiger charge is 2.28. The predicted molar refractivity (Wildman–Crippen MR) is 151 cm³/mol. The van der Waals surface area contributed by atoms with Crippen LogP contribution in [-0.2, 0) is 13.1 Å². The quantitative estimate of drug-likeness (QED) is 0.266. The van der Waals surface area contributed by atoms with Crippen LogP contribution in [-0.4, -0.2) is 41.2 Å². The number of piperidine rings is 1. The first-order valence-corrected chi connectivity index (χ1v) is 13.9. The van der Waals surface area contributed by atoms with Crippen molar-refractivity contribution in [1.29, 1.82) is 0 Å². The number of halogens is 1. The van der Waals surface area contributed by atoms with Crippen molar-refractivity contribution in [1.82, 2.24) is 15.1 Å². The third kappa shape index (κ3) is 5.81. The van der Waals surface area contributed by atoms with Gasteiger partial charge in [0, 0.05) is 46.9 Å². The summed E-state index contributed by atoms with van der Waals surface area (Å²) in [6.45, 7) is 3.86. The van der Waals surface area contributed by atoms with Gasteiger partial charge in [0.05, 0.1) is 0 Å². The molecule has 5 rings (SSSR count). The summed E-state index contributed by atoms with van der Waals surface area (Å²) in [6, 6.07) is 25.0. The first kappa shape index (κ1) is 25.0. The molecule has 3 aromatic carbocycles. The maximum absolute atomic E-state index is 13.0. The van der Waals surface area contributed by atoms with Gasteiger partial charge in [-0.2, -0.15) is 0 Å². The molecule has 1 saturated heterocycles. The van der Waals surface area contributed by atoms with Crippen molar-refractivity contribution < 1.29 is 9.59 Å². The molecule has 5 nitrogen and oxygen atoms in total. The van der Waals surface area contributed by atoms with Crippen LogP contribution in [0.1, 0.15) is 69.1 Å². The molecule has 0 radical (unpaired) electrons. The van der Waals surface area contributed by atoms with Gasteiger partial charge in [-0.05, 0) is 89.4 Å². The molecule has 3 aromatic rings. The smallest absolute Gasteiger partial charge is 0.254 e. The number of fused-ring (bicyclic) bond motifs is 1. The Hall–Kier alpha value is -2.71. The van der Waals surface area contributed by atoms with Crippen LogP contribution < -0.4 is 5.32 Å². The number of nitrogens with zero attached hydrogens (tertiary/aromatic N) is 2. The van der Waals surface area contributed by atoms with Gasteiger partial charge in [0.1, 0.15) is 0 Å². The molecule has 2 aliphatic heterocycles. The SMILES string of the molecule is O=C(NCCCN1CCCCC1c1ccccc1)c1ccc2c(c1)C(=O)N(Cc1cccc(I)c1)C2. The first-order chi connectivity index (χ1) is 17.6. The summed E-state index contributed by atoms with van der Waals surface area (Å²) >= 11 is 2.29. The van der Waals surface area contributed by atoms with E-state index in [1.807, 2.05) is 35.2 Å². The van der Waals surface area contributed by atoms with E-state index in [0.29, 0.717) is 36.8 Å². The molecule has 0 spiro atoms. The molecule has 1 fully saturated rings. The molecule has 186 valence electrons. The van der Waals surface area contributed by atoms with Crippen molar-refractivity contribution in [2.45, 2.75) is 44.8 Å². The maximum Gasteiger partial charge on any atom is 0.254 e. The molecule has 1 unspecified atom stereocenters. The van der Waals surface area contributed by atoms with Crippen LogP contribution in [0.25, 0.3) is 0 Å². The molecule has 2 heterocycles. The Bertz CT molecular complexity index is 1230. The highest BCUT2D eigenvalue weighted by Crippen LogP contribution is 2.30. The van der Waals surface area contributed by atoms with Crippen LogP contribution in [0, 0.1) is 3.57 Å². The number of benzene rings is 3. The number of likely N-dealkylation sites (tertiary alicyclic amines) is 1. The standard InChI is InChI=1S/C30H32IN3O2/c31-26-11-6-8-22(18-26)20-34-21-25-14-13-24(19-27(25)30(34)36)29(35)32-15-7-17-33-16-5-4-12-28(33)23-9-2-1-3-10-23/h1-3,6,8-11,13-14,18-19,28H,4-5,7,12,15-17,20-21H2,(H,32,35). The van der Waals surface area contributed by atoms with Crippen LogP contribution >= 0.6 is 22.6 Å². The average molecular weight is 594 g/mol.